The first kappa shape index (κ1) is 8.22. The Bertz CT molecular complexity index is 141. The van der Waals surface area contributed by atoms with Crippen LogP contribution in [-0.4, -0.2) is 41.1 Å². The summed E-state index contributed by atoms with van der Waals surface area (Å²) in [6.45, 7) is 1.47. The maximum absolute atomic E-state index is 8.68. The van der Waals surface area contributed by atoms with E-state index in [4.69, 9.17) is 15.2 Å². The Morgan fingerprint density at radius 1 is 1.64 bits per heavy atom. The molecule has 0 aliphatic carbocycles. The van der Waals surface area contributed by atoms with Gasteiger partial charge in [-0.15, -0.1) is 0 Å². The van der Waals surface area contributed by atoms with E-state index >= 15 is 0 Å². The Labute approximate surface area is 64.0 Å². The van der Waals surface area contributed by atoms with Crippen LogP contribution < -0.4 is 0 Å². The van der Waals surface area contributed by atoms with Gasteiger partial charge in [0, 0.05) is 19.5 Å². The highest BCUT2D eigenvalue weighted by Crippen LogP contribution is 2.11. The van der Waals surface area contributed by atoms with E-state index in [-0.39, 0.29) is 12.8 Å². The van der Waals surface area contributed by atoms with Crippen LogP contribution in [-0.2, 0) is 4.84 Å². The van der Waals surface area contributed by atoms with E-state index in [9.17, 15) is 0 Å². The van der Waals surface area contributed by atoms with Crippen LogP contribution in [0.4, 0.5) is 0 Å². The summed E-state index contributed by atoms with van der Waals surface area (Å²) in [4.78, 5) is 6.56. The van der Waals surface area contributed by atoms with Crippen LogP contribution in [0.3, 0.4) is 0 Å². The highest BCUT2D eigenvalue weighted by molar-refractivity contribution is 4.72. The maximum atomic E-state index is 8.68. The standard InChI is InChI=1S/C5H11N3O3/c9-4-8-2-1-5(3-8)11-7-6-10/h5,9H,1-4H2,(H,7,10). The summed E-state index contributed by atoms with van der Waals surface area (Å²) in [5.41, 5.74) is 0. The van der Waals surface area contributed by atoms with Crippen molar-refractivity contribution in [1.82, 2.24) is 4.90 Å². The molecule has 1 fully saturated rings. The molecule has 1 aliphatic heterocycles. The molecule has 0 aromatic rings. The van der Waals surface area contributed by atoms with Crippen LogP contribution in [0.5, 0.6) is 0 Å². The van der Waals surface area contributed by atoms with Gasteiger partial charge in [0.25, 0.3) is 0 Å². The lowest BCUT2D eigenvalue weighted by atomic mass is 10.3. The van der Waals surface area contributed by atoms with E-state index in [1.54, 1.807) is 0 Å². The molecule has 1 heterocycles. The highest BCUT2D eigenvalue weighted by Gasteiger charge is 2.23. The minimum absolute atomic E-state index is 0.0378. The molecular formula is C5H11N3O3. The molecule has 11 heavy (non-hydrogen) atoms. The summed E-state index contributed by atoms with van der Waals surface area (Å²) in [6, 6.07) is 0. The number of hydrogen-bond acceptors (Lipinski definition) is 5. The average Bonchev–Trinajstić information content (AvgIpc) is 2.48. The second-order valence-corrected chi connectivity index (χ2v) is 2.41. The number of rotatable bonds is 3. The number of aliphatic hydroxyl groups excluding tert-OH is 1. The molecule has 1 saturated heterocycles. The van der Waals surface area contributed by atoms with Gasteiger partial charge in [0.05, 0.1) is 17.3 Å². The average molecular weight is 161 g/mol. The molecule has 1 aliphatic rings. The van der Waals surface area contributed by atoms with Gasteiger partial charge in [0.2, 0.25) is 0 Å². The first-order chi connectivity index (χ1) is 5.36. The van der Waals surface area contributed by atoms with Crippen molar-refractivity contribution >= 4 is 0 Å². The molecule has 0 aromatic heterocycles. The highest BCUT2D eigenvalue weighted by atomic mass is 16.7. The fraction of sp³-hybridized carbons (Fsp3) is 1.00. The maximum Gasteiger partial charge on any atom is 0.143 e. The Balaban J connectivity index is 2.19. The zero-order chi connectivity index (χ0) is 8.10. The quantitative estimate of drug-likeness (QED) is 0.443. The number of likely N-dealkylation sites (tertiary alicyclic amines) is 1. The van der Waals surface area contributed by atoms with Crippen LogP contribution in [0.1, 0.15) is 6.42 Å². The number of nitrogens with zero attached hydrogens (tertiary/aromatic N) is 3. The van der Waals surface area contributed by atoms with E-state index in [0.29, 0.717) is 6.54 Å². The van der Waals surface area contributed by atoms with Crippen molar-refractivity contribution in [1.29, 1.82) is 0 Å². The summed E-state index contributed by atoms with van der Waals surface area (Å²) >= 11 is 0. The van der Waals surface area contributed by atoms with Crippen molar-refractivity contribution in [2.75, 3.05) is 19.8 Å². The van der Waals surface area contributed by atoms with Crippen LogP contribution >= 0.6 is 0 Å². The molecule has 0 aromatic carbocycles. The van der Waals surface area contributed by atoms with Gasteiger partial charge in [-0.2, -0.15) is 0 Å². The summed E-state index contributed by atoms with van der Waals surface area (Å²) in [6.07, 6.45) is 0.748. The normalized spacial score (nSPS) is 26.5. The zero-order valence-electron chi connectivity index (χ0n) is 6.05. The lowest BCUT2D eigenvalue weighted by molar-refractivity contribution is 0.0178. The molecule has 6 nitrogen and oxygen atoms in total. The third kappa shape index (κ3) is 2.32. The lowest BCUT2D eigenvalue weighted by Crippen LogP contribution is -2.23. The monoisotopic (exact) mass is 161 g/mol. The molecule has 1 rings (SSSR count). The molecule has 0 bridgehead atoms. The van der Waals surface area contributed by atoms with E-state index in [1.165, 1.54) is 0 Å². The Hall–Kier alpha value is -0.880. The van der Waals surface area contributed by atoms with Gasteiger partial charge in [-0.3, -0.25) is 4.90 Å². The second-order valence-electron chi connectivity index (χ2n) is 2.41. The van der Waals surface area contributed by atoms with Gasteiger partial charge in [-0.1, -0.05) is 0 Å². The molecule has 0 spiro atoms. The molecule has 0 saturated carbocycles. The van der Waals surface area contributed by atoms with Gasteiger partial charge in [0.15, 0.2) is 0 Å². The van der Waals surface area contributed by atoms with Crippen LogP contribution in [0.15, 0.2) is 10.6 Å². The van der Waals surface area contributed by atoms with Crippen molar-refractivity contribution in [2.45, 2.75) is 12.5 Å². The SMILES string of the molecule is OCN1CCC(ON=NO)C1. The number of hydrogen-bond donors (Lipinski definition) is 2. The van der Waals surface area contributed by atoms with Crippen LogP contribution in [0.25, 0.3) is 0 Å². The first-order valence-corrected chi connectivity index (χ1v) is 3.40. The Morgan fingerprint density at radius 2 is 2.45 bits per heavy atom. The molecule has 0 radical (unpaired) electrons. The van der Waals surface area contributed by atoms with Crippen molar-refractivity contribution in [3.63, 3.8) is 0 Å². The summed E-state index contributed by atoms with van der Waals surface area (Å²) in [7, 11) is 0. The topological polar surface area (TPSA) is 77.7 Å². The second kappa shape index (κ2) is 4.09. The van der Waals surface area contributed by atoms with Gasteiger partial charge in [-0.25, -0.2) is 0 Å². The summed E-state index contributed by atoms with van der Waals surface area (Å²) < 4.78 is 0. The zero-order valence-corrected chi connectivity index (χ0v) is 6.05. The van der Waals surface area contributed by atoms with E-state index < -0.39 is 0 Å². The molecule has 64 valence electrons. The largest absolute Gasteiger partial charge is 0.392 e. The number of aliphatic hydroxyl groups is 1. The minimum atomic E-state index is -0.0574. The lowest BCUT2D eigenvalue weighted by Gasteiger charge is -2.09. The third-order valence-electron chi connectivity index (χ3n) is 1.66. The van der Waals surface area contributed by atoms with Crippen molar-refractivity contribution in [2.24, 2.45) is 10.6 Å². The van der Waals surface area contributed by atoms with E-state index in [2.05, 4.69) is 10.6 Å². The van der Waals surface area contributed by atoms with E-state index in [0.717, 1.165) is 13.0 Å². The summed E-state index contributed by atoms with van der Waals surface area (Å²) in [5.74, 6) is 0. The van der Waals surface area contributed by atoms with Crippen LogP contribution in [0, 0.1) is 0 Å². The molecule has 0 amide bonds. The Kier molecular flexibility index (Phi) is 3.06. The fourth-order valence-electron chi connectivity index (χ4n) is 1.10. The van der Waals surface area contributed by atoms with Crippen LogP contribution in [0.2, 0.25) is 0 Å². The van der Waals surface area contributed by atoms with Gasteiger partial charge in [-0.05, 0) is 0 Å². The fourth-order valence-corrected chi connectivity index (χ4v) is 1.10. The first-order valence-electron chi connectivity index (χ1n) is 3.40. The van der Waals surface area contributed by atoms with Crippen molar-refractivity contribution < 1.29 is 15.2 Å². The predicted octanol–water partition coefficient (Wildman–Crippen LogP) is -0.217. The minimum Gasteiger partial charge on any atom is -0.392 e. The van der Waals surface area contributed by atoms with E-state index in [1.807, 2.05) is 4.90 Å². The molecular weight excluding hydrogens is 150 g/mol. The third-order valence-corrected chi connectivity index (χ3v) is 1.66. The molecule has 1 unspecified atom stereocenters. The molecule has 6 heteroatoms. The molecule has 2 N–H and O–H groups in total. The summed E-state index contributed by atoms with van der Waals surface area (Å²) in [5, 5.41) is 22.1. The van der Waals surface area contributed by atoms with Gasteiger partial charge in [0.1, 0.15) is 6.10 Å². The van der Waals surface area contributed by atoms with Gasteiger partial charge < -0.3 is 15.2 Å². The predicted molar refractivity (Wildman–Crippen MR) is 34.8 cm³/mol. The molecule has 1 atom stereocenters. The van der Waals surface area contributed by atoms with Crippen molar-refractivity contribution in [3.8, 4) is 0 Å². The Morgan fingerprint density at radius 3 is 3.00 bits per heavy atom. The van der Waals surface area contributed by atoms with Crippen molar-refractivity contribution in [3.05, 3.63) is 0 Å². The smallest absolute Gasteiger partial charge is 0.143 e. The van der Waals surface area contributed by atoms with Gasteiger partial charge >= 0.3 is 0 Å².